The predicted molar refractivity (Wildman–Crippen MR) is 260 cm³/mol. The minimum atomic E-state index is -0.357. The molecule has 0 spiro atoms. The van der Waals surface area contributed by atoms with Gasteiger partial charge in [-0.05, 0) is 69.4 Å². The monoisotopic (exact) mass is 803 g/mol. The standard InChI is InChI=1S/C58H37N5/c1-58(2)45-26-13-11-23-41(45)52-42(57-60-55(35-17-5-3-6-18-35)59-56(61-57)36-19-7-4-8-20-36)29-31-48(53(52)58)62-47-30-28-34-16-9-10-21-37(34)51(47)44-32-43-40-25-15-24-39-38-22-12-14-27-46(38)63(54(39)40)49(43)33-50(44)62/h3-33H,1-2H3. The molecule has 63 heavy (non-hydrogen) atoms. The molecule has 9 aromatic carbocycles. The molecule has 13 aromatic rings. The first kappa shape index (κ1) is 34.6. The maximum absolute atomic E-state index is 5.29. The minimum Gasteiger partial charge on any atom is -0.309 e. The first-order valence-corrected chi connectivity index (χ1v) is 21.7. The number of nitrogens with zero attached hydrogens (tertiary/aromatic N) is 5. The van der Waals surface area contributed by atoms with E-state index in [1.54, 1.807) is 0 Å². The summed E-state index contributed by atoms with van der Waals surface area (Å²) in [6.45, 7) is 4.76. The van der Waals surface area contributed by atoms with Crippen molar-refractivity contribution in [1.82, 2.24) is 23.9 Å². The Morgan fingerprint density at radius 3 is 1.83 bits per heavy atom. The molecule has 1 aliphatic rings. The number of fused-ring (bicyclic) bond motifs is 14. The molecule has 294 valence electrons. The van der Waals surface area contributed by atoms with E-state index in [1.165, 1.54) is 92.9 Å². The van der Waals surface area contributed by atoms with Crippen molar-refractivity contribution in [3.8, 4) is 51.0 Å². The van der Waals surface area contributed by atoms with Gasteiger partial charge in [-0.15, -0.1) is 0 Å². The molecular formula is C58H37N5. The van der Waals surface area contributed by atoms with Gasteiger partial charge in [0.05, 0.1) is 33.3 Å². The zero-order valence-corrected chi connectivity index (χ0v) is 34.6. The number of rotatable bonds is 4. The quantitative estimate of drug-likeness (QED) is 0.178. The maximum atomic E-state index is 5.29. The number of hydrogen-bond donors (Lipinski definition) is 0. The van der Waals surface area contributed by atoms with E-state index in [0.29, 0.717) is 17.5 Å². The fraction of sp³-hybridized carbons (Fsp3) is 0.0517. The van der Waals surface area contributed by atoms with Crippen LogP contribution in [0.3, 0.4) is 0 Å². The minimum absolute atomic E-state index is 0.357. The molecule has 4 aromatic heterocycles. The average molecular weight is 804 g/mol. The first-order chi connectivity index (χ1) is 31.0. The summed E-state index contributed by atoms with van der Waals surface area (Å²) in [5.41, 5.74) is 14.7. The molecule has 0 fully saturated rings. The molecule has 5 heteroatoms. The number of para-hydroxylation sites is 2. The van der Waals surface area contributed by atoms with Crippen LogP contribution in [-0.2, 0) is 5.41 Å². The Hall–Kier alpha value is -8.15. The van der Waals surface area contributed by atoms with Crippen molar-refractivity contribution >= 4 is 70.7 Å². The molecule has 0 amide bonds. The Morgan fingerprint density at radius 1 is 0.413 bits per heavy atom. The topological polar surface area (TPSA) is 48.0 Å². The van der Waals surface area contributed by atoms with E-state index in [1.807, 2.05) is 36.4 Å². The smallest absolute Gasteiger partial charge is 0.164 e. The second-order valence-corrected chi connectivity index (χ2v) is 17.5. The Kier molecular flexibility index (Phi) is 6.84. The highest BCUT2D eigenvalue weighted by Gasteiger charge is 2.40. The SMILES string of the molecule is CC1(C)c2ccccc2-c2c(-c3nc(-c4ccccc4)nc(-c4ccccc4)n3)ccc(-n3c4cc5c(cc4c4c6ccccc6ccc43)c3cccc4c6ccccc6n5c43)c21. The van der Waals surface area contributed by atoms with E-state index in [2.05, 4.69) is 174 Å². The third-order valence-corrected chi connectivity index (χ3v) is 13.9. The van der Waals surface area contributed by atoms with Crippen molar-refractivity contribution in [2.24, 2.45) is 0 Å². The van der Waals surface area contributed by atoms with Crippen LogP contribution < -0.4 is 0 Å². The highest BCUT2D eigenvalue weighted by Crippen LogP contribution is 2.55. The van der Waals surface area contributed by atoms with Crippen molar-refractivity contribution in [2.75, 3.05) is 0 Å². The summed E-state index contributed by atoms with van der Waals surface area (Å²) in [4.78, 5) is 15.6. The van der Waals surface area contributed by atoms with E-state index in [9.17, 15) is 0 Å². The van der Waals surface area contributed by atoms with Crippen molar-refractivity contribution in [1.29, 1.82) is 0 Å². The van der Waals surface area contributed by atoms with Crippen LogP contribution in [0, 0.1) is 0 Å². The summed E-state index contributed by atoms with van der Waals surface area (Å²) in [6.07, 6.45) is 0. The Morgan fingerprint density at radius 2 is 1.05 bits per heavy atom. The molecule has 1 aliphatic carbocycles. The third-order valence-electron chi connectivity index (χ3n) is 13.9. The molecule has 14 rings (SSSR count). The van der Waals surface area contributed by atoms with Crippen LogP contribution in [0.5, 0.6) is 0 Å². The lowest BCUT2D eigenvalue weighted by Crippen LogP contribution is -2.18. The largest absolute Gasteiger partial charge is 0.309 e. The van der Waals surface area contributed by atoms with Crippen LogP contribution in [0.2, 0.25) is 0 Å². The Labute approximate surface area is 362 Å². The van der Waals surface area contributed by atoms with Crippen LogP contribution in [0.25, 0.3) is 122 Å². The van der Waals surface area contributed by atoms with Gasteiger partial charge in [-0.25, -0.2) is 15.0 Å². The molecular weight excluding hydrogens is 767 g/mol. The second kappa shape index (κ2) is 12.5. The van der Waals surface area contributed by atoms with Gasteiger partial charge in [0.1, 0.15) is 0 Å². The fourth-order valence-corrected chi connectivity index (χ4v) is 11.2. The van der Waals surface area contributed by atoms with Gasteiger partial charge in [0.25, 0.3) is 0 Å². The van der Waals surface area contributed by atoms with Crippen LogP contribution in [0.15, 0.2) is 188 Å². The van der Waals surface area contributed by atoms with E-state index in [0.717, 1.165) is 22.4 Å². The van der Waals surface area contributed by atoms with Gasteiger partial charge in [0.15, 0.2) is 17.5 Å². The molecule has 4 heterocycles. The lowest BCUT2D eigenvalue weighted by molar-refractivity contribution is 0.656. The molecule has 0 N–H and O–H groups in total. The third kappa shape index (κ3) is 4.63. The van der Waals surface area contributed by atoms with Gasteiger partial charge in [0.2, 0.25) is 0 Å². The van der Waals surface area contributed by atoms with Crippen molar-refractivity contribution in [3.63, 3.8) is 0 Å². The summed E-state index contributed by atoms with van der Waals surface area (Å²) in [6, 6.07) is 68.0. The highest BCUT2D eigenvalue weighted by molar-refractivity contribution is 6.28. The van der Waals surface area contributed by atoms with Gasteiger partial charge >= 0.3 is 0 Å². The summed E-state index contributed by atoms with van der Waals surface area (Å²) in [5.74, 6) is 1.96. The van der Waals surface area contributed by atoms with Gasteiger partial charge in [0, 0.05) is 54.4 Å². The Balaban J connectivity index is 1.12. The van der Waals surface area contributed by atoms with Gasteiger partial charge in [-0.2, -0.15) is 0 Å². The molecule has 0 saturated carbocycles. The van der Waals surface area contributed by atoms with Crippen LogP contribution in [-0.4, -0.2) is 23.9 Å². The summed E-state index contributed by atoms with van der Waals surface area (Å²) in [5, 5.41) is 10.1. The van der Waals surface area contributed by atoms with Gasteiger partial charge in [-0.3, -0.25) is 0 Å². The van der Waals surface area contributed by atoms with Crippen LogP contribution in [0.1, 0.15) is 25.0 Å². The maximum Gasteiger partial charge on any atom is 0.164 e. The average Bonchev–Trinajstić information content (AvgIpc) is 4.04. The van der Waals surface area contributed by atoms with Gasteiger partial charge < -0.3 is 8.97 Å². The van der Waals surface area contributed by atoms with E-state index >= 15 is 0 Å². The molecule has 0 aliphatic heterocycles. The Bertz CT molecular complexity index is 3990. The van der Waals surface area contributed by atoms with Gasteiger partial charge in [-0.1, -0.05) is 166 Å². The fourth-order valence-electron chi connectivity index (χ4n) is 11.2. The number of hydrogen-bond acceptors (Lipinski definition) is 3. The molecule has 0 bridgehead atoms. The van der Waals surface area contributed by atoms with E-state index in [4.69, 9.17) is 15.0 Å². The molecule has 5 nitrogen and oxygen atoms in total. The van der Waals surface area contributed by atoms with Crippen molar-refractivity contribution in [2.45, 2.75) is 19.3 Å². The molecule has 0 saturated heterocycles. The predicted octanol–water partition coefficient (Wildman–Crippen LogP) is 14.6. The first-order valence-electron chi connectivity index (χ1n) is 21.7. The normalized spacial score (nSPS) is 13.4. The summed E-state index contributed by atoms with van der Waals surface area (Å²) < 4.78 is 5.05. The number of benzene rings is 9. The summed E-state index contributed by atoms with van der Waals surface area (Å²) in [7, 11) is 0. The zero-order valence-electron chi connectivity index (χ0n) is 34.6. The van der Waals surface area contributed by atoms with E-state index < -0.39 is 0 Å². The van der Waals surface area contributed by atoms with Crippen molar-refractivity contribution < 1.29 is 0 Å². The second-order valence-electron chi connectivity index (χ2n) is 17.5. The lowest BCUT2D eigenvalue weighted by Gasteiger charge is -2.26. The van der Waals surface area contributed by atoms with E-state index in [-0.39, 0.29) is 5.41 Å². The van der Waals surface area contributed by atoms with Crippen molar-refractivity contribution in [3.05, 3.63) is 199 Å². The highest BCUT2D eigenvalue weighted by atomic mass is 15.0. The zero-order chi connectivity index (χ0) is 41.6. The summed E-state index contributed by atoms with van der Waals surface area (Å²) >= 11 is 0. The van der Waals surface area contributed by atoms with Crippen LogP contribution in [0.4, 0.5) is 0 Å². The molecule has 0 unspecified atom stereocenters. The molecule has 0 radical (unpaired) electrons. The molecule has 0 atom stereocenters. The van der Waals surface area contributed by atoms with Crippen LogP contribution >= 0.6 is 0 Å². The lowest BCUT2D eigenvalue weighted by atomic mass is 9.81. The number of aromatic nitrogens is 5.